The molecule has 0 saturated heterocycles. The van der Waals surface area contributed by atoms with Crippen LogP contribution in [0.15, 0.2) is 28.9 Å². The summed E-state index contributed by atoms with van der Waals surface area (Å²) in [5, 5.41) is 13.1. The summed E-state index contributed by atoms with van der Waals surface area (Å²) in [7, 11) is 1.58. The summed E-state index contributed by atoms with van der Waals surface area (Å²) in [6, 6.07) is 5.39. The summed E-state index contributed by atoms with van der Waals surface area (Å²) in [6.45, 7) is 0. The van der Waals surface area contributed by atoms with Crippen LogP contribution in [0.1, 0.15) is 10.5 Å². The minimum atomic E-state index is -1.02. The topological polar surface area (TPSA) is 68.0 Å². The molecule has 0 unspecified atom stereocenters. The van der Waals surface area contributed by atoms with Crippen LogP contribution in [0.5, 0.6) is 0 Å². The Bertz CT molecular complexity index is 536. The van der Waals surface area contributed by atoms with E-state index >= 15 is 0 Å². The molecule has 0 radical (unpaired) electrons. The number of halogens is 1. The Hall–Kier alpha value is -1.69. The quantitative estimate of drug-likeness (QED) is 0.914. The molecule has 0 spiro atoms. The third-order valence-corrected chi connectivity index (χ3v) is 2.85. The molecule has 82 valence electrons. The van der Waals surface area contributed by atoms with Gasteiger partial charge >= 0.3 is 5.97 Å². The highest BCUT2D eigenvalue weighted by atomic mass is 79.9. The van der Waals surface area contributed by atoms with E-state index in [0.29, 0.717) is 15.9 Å². The lowest BCUT2D eigenvalue weighted by Gasteiger charge is -1.94. The first-order chi connectivity index (χ1) is 7.61. The van der Waals surface area contributed by atoms with Gasteiger partial charge < -0.3 is 5.11 Å². The lowest BCUT2D eigenvalue weighted by Crippen LogP contribution is -2.05. The molecule has 2 rings (SSSR count). The normalized spacial score (nSPS) is 10.4. The van der Waals surface area contributed by atoms with E-state index < -0.39 is 5.97 Å². The van der Waals surface area contributed by atoms with Gasteiger partial charge in [0.05, 0.1) is 10.2 Å². The summed E-state index contributed by atoms with van der Waals surface area (Å²) in [5.74, 6) is -1.02. The van der Waals surface area contributed by atoms with Crippen molar-refractivity contribution in [3.63, 3.8) is 0 Å². The molecular formula is C10H8BrN3O2. The maximum atomic E-state index is 11.0. The average molecular weight is 282 g/mol. The molecule has 0 aromatic carbocycles. The summed E-state index contributed by atoms with van der Waals surface area (Å²) in [5.41, 5.74) is 1.28. The molecule has 0 atom stereocenters. The molecule has 16 heavy (non-hydrogen) atoms. The monoisotopic (exact) mass is 281 g/mol. The van der Waals surface area contributed by atoms with Gasteiger partial charge in [-0.1, -0.05) is 6.07 Å². The zero-order valence-electron chi connectivity index (χ0n) is 8.38. The molecule has 0 aliphatic carbocycles. The van der Waals surface area contributed by atoms with Crippen LogP contribution in [-0.4, -0.2) is 25.8 Å². The fourth-order valence-corrected chi connectivity index (χ4v) is 2.11. The van der Waals surface area contributed by atoms with Crippen LogP contribution < -0.4 is 0 Å². The van der Waals surface area contributed by atoms with E-state index in [-0.39, 0.29) is 5.69 Å². The SMILES string of the molecule is Cn1nc(-c2ccccn2)c(Br)c1C(=O)O. The van der Waals surface area contributed by atoms with Gasteiger partial charge in [-0.25, -0.2) is 4.79 Å². The summed E-state index contributed by atoms with van der Waals surface area (Å²) >= 11 is 3.24. The molecule has 0 aliphatic rings. The molecule has 2 aromatic heterocycles. The van der Waals surface area contributed by atoms with Gasteiger partial charge in [0.15, 0.2) is 5.69 Å². The molecule has 6 heteroatoms. The second-order valence-electron chi connectivity index (χ2n) is 3.15. The third-order valence-electron chi connectivity index (χ3n) is 2.10. The Labute approximate surface area is 99.9 Å². The highest BCUT2D eigenvalue weighted by molar-refractivity contribution is 9.10. The van der Waals surface area contributed by atoms with Crippen molar-refractivity contribution >= 4 is 21.9 Å². The smallest absolute Gasteiger partial charge is 0.355 e. The fourth-order valence-electron chi connectivity index (χ4n) is 1.40. The van der Waals surface area contributed by atoms with Crippen molar-refractivity contribution < 1.29 is 9.90 Å². The Morgan fingerprint density at radius 3 is 2.75 bits per heavy atom. The van der Waals surface area contributed by atoms with E-state index in [4.69, 9.17) is 5.11 Å². The van der Waals surface area contributed by atoms with Crippen molar-refractivity contribution in [3.05, 3.63) is 34.6 Å². The van der Waals surface area contributed by atoms with Gasteiger partial charge in [0, 0.05) is 13.2 Å². The van der Waals surface area contributed by atoms with Gasteiger partial charge in [-0.05, 0) is 28.1 Å². The standard InChI is InChI=1S/C10H8BrN3O2/c1-14-9(10(15)16)7(11)8(13-14)6-4-2-3-5-12-6/h2-5H,1H3,(H,15,16). The predicted molar refractivity (Wildman–Crippen MR) is 61.1 cm³/mol. The Balaban J connectivity index is 2.61. The van der Waals surface area contributed by atoms with Crippen molar-refractivity contribution in [2.45, 2.75) is 0 Å². The minimum Gasteiger partial charge on any atom is -0.476 e. The van der Waals surface area contributed by atoms with Crippen LogP contribution in [0.3, 0.4) is 0 Å². The molecule has 0 saturated carbocycles. The van der Waals surface area contributed by atoms with Crippen LogP contribution in [0, 0.1) is 0 Å². The molecule has 5 nitrogen and oxygen atoms in total. The second-order valence-corrected chi connectivity index (χ2v) is 3.95. The zero-order valence-corrected chi connectivity index (χ0v) is 9.97. The van der Waals surface area contributed by atoms with Crippen LogP contribution in [0.25, 0.3) is 11.4 Å². The number of rotatable bonds is 2. The van der Waals surface area contributed by atoms with Gasteiger partial charge in [-0.2, -0.15) is 5.10 Å². The number of carbonyl (C=O) groups is 1. The number of hydrogen-bond donors (Lipinski definition) is 1. The minimum absolute atomic E-state index is 0.112. The van der Waals surface area contributed by atoms with Gasteiger partial charge in [0.1, 0.15) is 5.69 Å². The lowest BCUT2D eigenvalue weighted by atomic mass is 10.2. The Morgan fingerprint density at radius 1 is 1.50 bits per heavy atom. The highest BCUT2D eigenvalue weighted by Gasteiger charge is 2.20. The number of aromatic carboxylic acids is 1. The fraction of sp³-hybridized carbons (Fsp3) is 0.100. The van der Waals surface area contributed by atoms with Crippen molar-refractivity contribution in [1.29, 1.82) is 0 Å². The number of pyridine rings is 1. The van der Waals surface area contributed by atoms with Crippen LogP contribution in [0.2, 0.25) is 0 Å². The van der Waals surface area contributed by atoms with Crippen molar-refractivity contribution in [2.24, 2.45) is 7.05 Å². The van der Waals surface area contributed by atoms with Crippen LogP contribution >= 0.6 is 15.9 Å². The van der Waals surface area contributed by atoms with Gasteiger partial charge in [-0.3, -0.25) is 9.67 Å². The summed E-state index contributed by atoms with van der Waals surface area (Å²) in [4.78, 5) is 15.1. The largest absolute Gasteiger partial charge is 0.476 e. The van der Waals surface area contributed by atoms with Gasteiger partial charge in [0.2, 0.25) is 0 Å². The van der Waals surface area contributed by atoms with Crippen LogP contribution in [0.4, 0.5) is 0 Å². The summed E-state index contributed by atoms with van der Waals surface area (Å²) in [6.07, 6.45) is 1.64. The molecule has 0 aliphatic heterocycles. The van der Waals surface area contributed by atoms with E-state index in [1.807, 2.05) is 6.07 Å². The number of carboxylic acid groups (broad SMARTS) is 1. The van der Waals surface area contributed by atoms with Crippen molar-refractivity contribution in [1.82, 2.24) is 14.8 Å². The Morgan fingerprint density at radius 2 is 2.25 bits per heavy atom. The van der Waals surface area contributed by atoms with Crippen molar-refractivity contribution in [3.8, 4) is 11.4 Å². The maximum Gasteiger partial charge on any atom is 0.355 e. The molecule has 0 fully saturated rings. The van der Waals surface area contributed by atoms with Gasteiger partial charge in [-0.15, -0.1) is 0 Å². The number of carboxylic acids is 1. The first-order valence-corrected chi connectivity index (χ1v) is 5.27. The number of nitrogens with zero attached hydrogens (tertiary/aromatic N) is 3. The highest BCUT2D eigenvalue weighted by Crippen LogP contribution is 2.28. The summed E-state index contributed by atoms with van der Waals surface area (Å²) < 4.78 is 1.76. The molecule has 2 aromatic rings. The van der Waals surface area contributed by atoms with Crippen LogP contribution in [-0.2, 0) is 7.05 Å². The third kappa shape index (κ3) is 1.71. The van der Waals surface area contributed by atoms with Crippen molar-refractivity contribution in [2.75, 3.05) is 0 Å². The molecule has 0 amide bonds. The number of aryl methyl sites for hydroxylation is 1. The maximum absolute atomic E-state index is 11.0. The van der Waals surface area contributed by atoms with E-state index in [0.717, 1.165) is 0 Å². The van der Waals surface area contributed by atoms with Gasteiger partial charge in [0.25, 0.3) is 0 Å². The number of aromatic nitrogens is 3. The number of hydrogen-bond acceptors (Lipinski definition) is 3. The second kappa shape index (κ2) is 4.05. The molecule has 1 N–H and O–H groups in total. The average Bonchev–Trinajstić information content (AvgIpc) is 2.55. The predicted octanol–water partition coefficient (Wildman–Crippen LogP) is 1.94. The first kappa shape index (κ1) is 10.8. The van der Waals surface area contributed by atoms with E-state index in [9.17, 15) is 4.79 Å². The first-order valence-electron chi connectivity index (χ1n) is 4.48. The zero-order chi connectivity index (χ0) is 11.7. The van der Waals surface area contributed by atoms with E-state index in [1.165, 1.54) is 4.68 Å². The van der Waals surface area contributed by atoms with E-state index in [1.54, 1.807) is 25.4 Å². The van der Waals surface area contributed by atoms with E-state index in [2.05, 4.69) is 26.0 Å². The Kier molecular flexibility index (Phi) is 2.74. The molecular weight excluding hydrogens is 274 g/mol. The molecule has 2 heterocycles. The molecule has 0 bridgehead atoms. The lowest BCUT2D eigenvalue weighted by molar-refractivity contribution is 0.0684.